The Hall–Kier alpha value is -1.73. The van der Waals surface area contributed by atoms with Crippen molar-refractivity contribution < 1.29 is 14.3 Å². The van der Waals surface area contributed by atoms with Crippen LogP contribution in [0.3, 0.4) is 0 Å². The Morgan fingerprint density at radius 3 is 2.54 bits per heavy atom. The number of anilines is 1. The van der Waals surface area contributed by atoms with E-state index in [4.69, 9.17) is 9.47 Å². The standard InChI is InChI=1S/C17H24N4O3/c22-15(20-8-10-23-11-9-20)14-12-17(24-13-14)2-6-21(7-3-17)16-18-4-1-5-19-16/h1,4-5,14H,2-3,6-13H2. The molecule has 4 heterocycles. The number of carbonyl (C=O) groups excluding carboxylic acids is 1. The average Bonchev–Trinajstić information content (AvgIpc) is 3.07. The molecule has 3 aliphatic heterocycles. The summed E-state index contributed by atoms with van der Waals surface area (Å²) >= 11 is 0. The highest BCUT2D eigenvalue weighted by Crippen LogP contribution is 2.39. The molecule has 0 aromatic carbocycles. The lowest BCUT2D eigenvalue weighted by atomic mass is 9.85. The quantitative estimate of drug-likeness (QED) is 0.795. The summed E-state index contributed by atoms with van der Waals surface area (Å²) in [6.07, 6.45) is 6.24. The van der Waals surface area contributed by atoms with Gasteiger partial charge in [-0.05, 0) is 25.3 Å². The summed E-state index contributed by atoms with van der Waals surface area (Å²) in [6, 6.07) is 1.83. The third-order valence-electron chi connectivity index (χ3n) is 5.39. The van der Waals surface area contributed by atoms with E-state index in [2.05, 4.69) is 14.9 Å². The number of nitrogens with zero attached hydrogens (tertiary/aromatic N) is 4. The van der Waals surface area contributed by atoms with Crippen LogP contribution in [0.1, 0.15) is 19.3 Å². The maximum Gasteiger partial charge on any atom is 0.228 e. The molecule has 0 aliphatic carbocycles. The first-order chi connectivity index (χ1) is 11.8. The van der Waals surface area contributed by atoms with Crippen molar-refractivity contribution in [3.63, 3.8) is 0 Å². The molecule has 1 aromatic rings. The van der Waals surface area contributed by atoms with E-state index < -0.39 is 0 Å². The molecule has 1 amide bonds. The van der Waals surface area contributed by atoms with Gasteiger partial charge < -0.3 is 19.3 Å². The lowest BCUT2D eigenvalue weighted by Gasteiger charge is -2.38. The van der Waals surface area contributed by atoms with Gasteiger partial charge in [0.2, 0.25) is 11.9 Å². The number of aromatic nitrogens is 2. The van der Waals surface area contributed by atoms with Gasteiger partial charge in [-0.3, -0.25) is 4.79 Å². The fourth-order valence-electron chi connectivity index (χ4n) is 3.96. The molecule has 4 rings (SSSR count). The van der Waals surface area contributed by atoms with Crippen LogP contribution in [0.2, 0.25) is 0 Å². The zero-order valence-corrected chi connectivity index (χ0v) is 13.9. The van der Waals surface area contributed by atoms with Crippen LogP contribution >= 0.6 is 0 Å². The van der Waals surface area contributed by atoms with Crippen molar-refractivity contribution in [3.8, 4) is 0 Å². The Balaban J connectivity index is 1.34. The number of ether oxygens (including phenoxy) is 2. The molecule has 0 saturated carbocycles. The van der Waals surface area contributed by atoms with Crippen molar-refractivity contribution in [2.45, 2.75) is 24.9 Å². The third kappa shape index (κ3) is 3.10. The lowest BCUT2D eigenvalue weighted by Crippen LogP contribution is -2.46. The van der Waals surface area contributed by atoms with Gasteiger partial charge in [0.1, 0.15) is 0 Å². The fourth-order valence-corrected chi connectivity index (χ4v) is 3.96. The van der Waals surface area contributed by atoms with Crippen molar-refractivity contribution in [1.29, 1.82) is 0 Å². The summed E-state index contributed by atoms with van der Waals surface area (Å²) in [6.45, 7) is 5.03. The summed E-state index contributed by atoms with van der Waals surface area (Å²) in [4.78, 5) is 25.5. The van der Waals surface area contributed by atoms with Crippen molar-refractivity contribution in [2.75, 3.05) is 50.9 Å². The van der Waals surface area contributed by atoms with Gasteiger partial charge in [0, 0.05) is 38.6 Å². The van der Waals surface area contributed by atoms with Gasteiger partial charge in [0.25, 0.3) is 0 Å². The van der Waals surface area contributed by atoms with Gasteiger partial charge >= 0.3 is 0 Å². The average molecular weight is 332 g/mol. The fraction of sp³-hybridized carbons (Fsp3) is 0.706. The van der Waals surface area contributed by atoms with E-state index in [1.54, 1.807) is 12.4 Å². The molecule has 0 N–H and O–H groups in total. The Labute approximate surface area is 142 Å². The lowest BCUT2D eigenvalue weighted by molar-refractivity contribution is -0.139. The Morgan fingerprint density at radius 2 is 1.83 bits per heavy atom. The summed E-state index contributed by atoms with van der Waals surface area (Å²) in [5.41, 5.74) is -0.141. The zero-order valence-electron chi connectivity index (χ0n) is 13.9. The molecule has 24 heavy (non-hydrogen) atoms. The van der Waals surface area contributed by atoms with E-state index in [0.29, 0.717) is 32.9 Å². The van der Waals surface area contributed by atoms with Crippen molar-refractivity contribution >= 4 is 11.9 Å². The zero-order chi connectivity index (χ0) is 16.4. The van der Waals surface area contributed by atoms with Gasteiger partial charge in [-0.2, -0.15) is 0 Å². The SMILES string of the molecule is O=C(C1COC2(CCN(c3ncccn3)CC2)C1)N1CCOCC1. The topological polar surface area (TPSA) is 67.8 Å². The summed E-state index contributed by atoms with van der Waals surface area (Å²) in [5, 5.41) is 0. The summed E-state index contributed by atoms with van der Waals surface area (Å²) in [7, 11) is 0. The maximum absolute atomic E-state index is 12.7. The van der Waals surface area contributed by atoms with E-state index in [-0.39, 0.29) is 17.4 Å². The van der Waals surface area contributed by atoms with Crippen molar-refractivity contribution in [1.82, 2.24) is 14.9 Å². The second-order valence-corrected chi connectivity index (χ2v) is 6.87. The van der Waals surface area contributed by atoms with Crippen molar-refractivity contribution in [2.24, 2.45) is 5.92 Å². The van der Waals surface area contributed by atoms with E-state index >= 15 is 0 Å². The number of carbonyl (C=O) groups is 1. The normalized spacial score (nSPS) is 26.8. The first kappa shape index (κ1) is 15.8. The summed E-state index contributed by atoms with van der Waals surface area (Å²) < 4.78 is 11.5. The van der Waals surface area contributed by atoms with Crippen molar-refractivity contribution in [3.05, 3.63) is 18.5 Å². The van der Waals surface area contributed by atoms with E-state index in [1.807, 2.05) is 11.0 Å². The molecule has 7 heteroatoms. The molecule has 130 valence electrons. The van der Waals surface area contributed by atoms with Gasteiger partial charge in [-0.15, -0.1) is 0 Å². The van der Waals surface area contributed by atoms with Gasteiger partial charge in [-0.25, -0.2) is 9.97 Å². The monoisotopic (exact) mass is 332 g/mol. The molecule has 3 fully saturated rings. The molecule has 7 nitrogen and oxygen atoms in total. The number of hydrogen-bond donors (Lipinski definition) is 0. The van der Waals surface area contributed by atoms with Gasteiger partial charge in [-0.1, -0.05) is 0 Å². The predicted molar refractivity (Wildman–Crippen MR) is 87.7 cm³/mol. The molecular formula is C17H24N4O3. The Morgan fingerprint density at radius 1 is 1.12 bits per heavy atom. The molecule has 3 aliphatic rings. The number of morpholine rings is 1. The second kappa shape index (κ2) is 6.64. The van der Waals surface area contributed by atoms with Crippen LogP contribution in [0.15, 0.2) is 18.5 Å². The largest absolute Gasteiger partial charge is 0.378 e. The van der Waals surface area contributed by atoms with E-state index in [9.17, 15) is 4.79 Å². The highest BCUT2D eigenvalue weighted by atomic mass is 16.5. The Kier molecular flexibility index (Phi) is 4.37. The minimum Gasteiger partial charge on any atom is -0.378 e. The first-order valence-corrected chi connectivity index (χ1v) is 8.78. The first-order valence-electron chi connectivity index (χ1n) is 8.78. The number of piperidine rings is 1. The minimum absolute atomic E-state index is 0.00243. The van der Waals surface area contributed by atoms with E-state index in [1.165, 1.54) is 0 Å². The molecule has 0 radical (unpaired) electrons. The Bertz CT molecular complexity index is 568. The smallest absolute Gasteiger partial charge is 0.228 e. The maximum atomic E-state index is 12.7. The molecule has 1 aromatic heterocycles. The number of rotatable bonds is 2. The van der Waals surface area contributed by atoms with Gasteiger partial charge in [0.15, 0.2) is 0 Å². The molecular weight excluding hydrogens is 308 g/mol. The van der Waals surface area contributed by atoms with Crippen LogP contribution in [-0.4, -0.2) is 72.4 Å². The van der Waals surface area contributed by atoms with E-state index in [0.717, 1.165) is 38.3 Å². The minimum atomic E-state index is -0.141. The molecule has 1 unspecified atom stereocenters. The number of amides is 1. The summed E-state index contributed by atoms with van der Waals surface area (Å²) in [5.74, 6) is 1.03. The molecule has 1 atom stereocenters. The van der Waals surface area contributed by atoms with Crippen LogP contribution < -0.4 is 4.90 Å². The predicted octanol–water partition coefficient (Wildman–Crippen LogP) is 0.711. The van der Waals surface area contributed by atoms with Gasteiger partial charge in [0.05, 0.1) is 31.3 Å². The van der Waals surface area contributed by atoms with Crippen LogP contribution in [-0.2, 0) is 14.3 Å². The van der Waals surface area contributed by atoms with Crippen LogP contribution in [0, 0.1) is 5.92 Å². The van der Waals surface area contributed by atoms with Crippen LogP contribution in [0.5, 0.6) is 0 Å². The third-order valence-corrected chi connectivity index (χ3v) is 5.39. The molecule has 1 spiro atoms. The molecule has 0 bridgehead atoms. The molecule has 3 saturated heterocycles. The highest BCUT2D eigenvalue weighted by Gasteiger charge is 2.46. The second-order valence-electron chi connectivity index (χ2n) is 6.87. The van der Waals surface area contributed by atoms with Crippen LogP contribution in [0.25, 0.3) is 0 Å². The number of hydrogen-bond acceptors (Lipinski definition) is 6. The van der Waals surface area contributed by atoms with Crippen LogP contribution in [0.4, 0.5) is 5.95 Å². The highest BCUT2D eigenvalue weighted by molar-refractivity contribution is 5.79.